The maximum absolute atomic E-state index is 13.1. The number of nitrogens with zero attached hydrogens (tertiary/aromatic N) is 1. The average Bonchev–Trinajstić information content (AvgIpc) is 2.11. The molecule has 1 fully saturated rings. The molecule has 0 aromatic rings. The molecule has 1 aliphatic rings. The van der Waals surface area contributed by atoms with E-state index in [0.717, 1.165) is 0 Å². The van der Waals surface area contributed by atoms with Gasteiger partial charge in [-0.05, 0) is 20.8 Å². The number of alkyl halides is 2. The molecule has 13 heavy (non-hydrogen) atoms. The summed E-state index contributed by atoms with van der Waals surface area (Å²) in [6, 6.07) is 0.148. The summed E-state index contributed by atoms with van der Waals surface area (Å²) < 4.78 is 31.2. The SMILES string of the molecule is CC(C)N1C[C@@H](C)OCC(F)(F)C1. The summed E-state index contributed by atoms with van der Waals surface area (Å²) in [5.41, 5.74) is 0. The van der Waals surface area contributed by atoms with E-state index < -0.39 is 12.5 Å². The molecular formula is C9H17F2NO. The Kier molecular flexibility index (Phi) is 3.24. The molecule has 0 aromatic carbocycles. The van der Waals surface area contributed by atoms with Crippen molar-refractivity contribution in [3.63, 3.8) is 0 Å². The van der Waals surface area contributed by atoms with Crippen molar-refractivity contribution in [3.8, 4) is 0 Å². The van der Waals surface area contributed by atoms with Gasteiger partial charge in [-0.1, -0.05) is 0 Å². The smallest absolute Gasteiger partial charge is 0.283 e. The molecule has 0 unspecified atom stereocenters. The van der Waals surface area contributed by atoms with Crippen molar-refractivity contribution >= 4 is 0 Å². The van der Waals surface area contributed by atoms with Crippen LogP contribution < -0.4 is 0 Å². The quantitative estimate of drug-likeness (QED) is 0.629. The minimum Gasteiger partial charge on any atom is -0.371 e. The zero-order valence-electron chi connectivity index (χ0n) is 8.39. The van der Waals surface area contributed by atoms with Gasteiger partial charge >= 0.3 is 0 Å². The normalized spacial score (nSPS) is 30.5. The van der Waals surface area contributed by atoms with Crippen LogP contribution in [0.5, 0.6) is 0 Å². The Labute approximate surface area is 77.9 Å². The molecule has 0 amide bonds. The van der Waals surface area contributed by atoms with Crippen LogP contribution in [0.25, 0.3) is 0 Å². The number of halogens is 2. The third-order valence-corrected chi connectivity index (χ3v) is 2.24. The van der Waals surface area contributed by atoms with Crippen molar-refractivity contribution in [2.45, 2.75) is 38.8 Å². The summed E-state index contributed by atoms with van der Waals surface area (Å²) >= 11 is 0. The van der Waals surface area contributed by atoms with Gasteiger partial charge in [-0.3, -0.25) is 4.90 Å². The first-order valence-electron chi connectivity index (χ1n) is 4.64. The van der Waals surface area contributed by atoms with Gasteiger partial charge in [-0.2, -0.15) is 0 Å². The summed E-state index contributed by atoms with van der Waals surface area (Å²) in [7, 11) is 0. The Morgan fingerprint density at radius 1 is 1.46 bits per heavy atom. The fourth-order valence-electron chi connectivity index (χ4n) is 1.45. The Bertz CT molecular complexity index is 173. The molecule has 1 saturated heterocycles. The predicted octanol–water partition coefficient (Wildman–Crippen LogP) is 1.75. The summed E-state index contributed by atoms with van der Waals surface area (Å²) in [6.45, 7) is 5.64. The van der Waals surface area contributed by atoms with Crippen LogP contribution in [0.1, 0.15) is 20.8 Å². The van der Waals surface area contributed by atoms with Crippen molar-refractivity contribution in [1.82, 2.24) is 4.90 Å². The van der Waals surface area contributed by atoms with Crippen molar-refractivity contribution in [1.29, 1.82) is 0 Å². The van der Waals surface area contributed by atoms with Crippen LogP contribution in [0.4, 0.5) is 8.78 Å². The second-order valence-corrected chi connectivity index (χ2v) is 4.00. The first-order valence-corrected chi connectivity index (χ1v) is 4.64. The zero-order valence-corrected chi connectivity index (χ0v) is 8.39. The average molecular weight is 193 g/mol. The van der Waals surface area contributed by atoms with Crippen LogP contribution >= 0.6 is 0 Å². The van der Waals surface area contributed by atoms with Crippen LogP contribution in [0, 0.1) is 0 Å². The highest BCUT2D eigenvalue weighted by Gasteiger charge is 2.36. The van der Waals surface area contributed by atoms with E-state index >= 15 is 0 Å². The molecule has 1 atom stereocenters. The topological polar surface area (TPSA) is 12.5 Å². The van der Waals surface area contributed by atoms with E-state index in [0.29, 0.717) is 6.54 Å². The van der Waals surface area contributed by atoms with Crippen molar-refractivity contribution in [2.24, 2.45) is 0 Å². The fraction of sp³-hybridized carbons (Fsp3) is 1.00. The van der Waals surface area contributed by atoms with E-state index in [4.69, 9.17) is 4.74 Å². The number of hydrogen-bond donors (Lipinski definition) is 0. The molecule has 0 N–H and O–H groups in total. The van der Waals surface area contributed by atoms with Crippen LogP contribution in [-0.4, -0.2) is 42.7 Å². The van der Waals surface area contributed by atoms with Gasteiger partial charge < -0.3 is 4.74 Å². The van der Waals surface area contributed by atoms with E-state index in [2.05, 4.69) is 0 Å². The summed E-state index contributed by atoms with van der Waals surface area (Å²) in [4.78, 5) is 1.76. The van der Waals surface area contributed by atoms with Crippen LogP contribution in [0.2, 0.25) is 0 Å². The minimum absolute atomic E-state index is 0.101. The maximum Gasteiger partial charge on any atom is 0.283 e. The van der Waals surface area contributed by atoms with E-state index in [-0.39, 0.29) is 18.7 Å². The fourth-order valence-corrected chi connectivity index (χ4v) is 1.45. The Morgan fingerprint density at radius 2 is 2.08 bits per heavy atom. The molecule has 0 bridgehead atoms. The van der Waals surface area contributed by atoms with Crippen LogP contribution in [0.15, 0.2) is 0 Å². The highest BCUT2D eigenvalue weighted by atomic mass is 19.3. The molecule has 0 radical (unpaired) electrons. The zero-order chi connectivity index (χ0) is 10.1. The second-order valence-electron chi connectivity index (χ2n) is 4.00. The molecule has 0 spiro atoms. The molecule has 1 aliphatic heterocycles. The Balaban J connectivity index is 2.63. The van der Waals surface area contributed by atoms with Gasteiger partial charge in [-0.25, -0.2) is 8.78 Å². The number of rotatable bonds is 1. The lowest BCUT2D eigenvalue weighted by molar-refractivity contribution is -0.0807. The van der Waals surface area contributed by atoms with Crippen molar-refractivity contribution in [3.05, 3.63) is 0 Å². The number of ether oxygens (including phenoxy) is 1. The molecule has 0 aliphatic carbocycles. The van der Waals surface area contributed by atoms with Gasteiger partial charge in [0.2, 0.25) is 0 Å². The monoisotopic (exact) mass is 193 g/mol. The predicted molar refractivity (Wildman–Crippen MR) is 47.1 cm³/mol. The minimum atomic E-state index is -2.70. The molecular weight excluding hydrogens is 176 g/mol. The molecule has 0 aromatic heterocycles. The first kappa shape index (κ1) is 10.9. The van der Waals surface area contributed by atoms with E-state index in [1.807, 2.05) is 20.8 Å². The van der Waals surface area contributed by atoms with Gasteiger partial charge in [0.05, 0.1) is 12.6 Å². The largest absolute Gasteiger partial charge is 0.371 e. The van der Waals surface area contributed by atoms with Crippen molar-refractivity contribution in [2.75, 3.05) is 19.7 Å². The molecule has 1 rings (SSSR count). The first-order chi connectivity index (χ1) is 5.91. The molecule has 0 saturated carbocycles. The lowest BCUT2D eigenvalue weighted by Crippen LogP contribution is -2.41. The third-order valence-electron chi connectivity index (χ3n) is 2.24. The summed E-state index contributed by atoms with van der Waals surface area (Å²) in [5, 5.41) is 0. The Morgan fingerprint density at radius 3 is 2.62 bits per heavy atom. The number of hydrogen-bond acceptors (Lipinski definition) is 2. The van der Waals surface area contributed by atoms with E-state index in [9.17, 15) is 8.78 Å². The van der Waals surface area contributed by atoms with Gasteiger partial charge in [0.25, 0.3) is 5.92 Å². The van der Waals surface area contributed by atoms with Crippen LogP contribution in [-0.2, 0) is 4.74 Å². The Hall–Kier alpha value is -0.220. The lowest BCUT2D eigenvalue weighted by atomic mass is 10.2. The molecule has 78 valence electrons. The van der Waals surface area contributed by atoms with Gasteiger partial charge in [0.15, 0.2) is 0 Å². The maximum atomic E-state index is 13.1. The second kappa shape index (κ2) is 3.88. The summed E-state index contributed by atoms with van der Waals surface area (Å²) in [5.74, 6) is -2.70. The van der Waals surface area contributed by atoms with E-state index in [1.165, 1.54) is 0 Å². The molecule has 4 heteroatoms. The summed E-state index contributed by atoms with van der Waals surface area (Å²) in [6.07, 6.45) is -0.101. The molecule has 1 heterocycles. The van der Waals surface area contributed by atoms with Gasteiger partial charge in [-0.15, -0.1) is 0 Å². The van der Waals surface area contributed by atoms with Crippen molar-refractivity contribution < 1.29 is 13.5 Å². The highest BCUT2D eigenvalue weighted by Crippen LogP contribution is 2.21. The third kappa shape index (κ3) is 3.19. The lowest BCUT2D eigenvalue weighted by Gasteiger charge is -2.27. The molecule has 2 nitrogen and oxygen atoms in total. The van der Waals surface area contributed by atoms with Crippen LogP contribution in [0.3, 0.4) is 0 Å². The highest BCUT2D eigenvalue weighted by molar-refractivity contribution is 4.79. The van der Waals surface area contributed by atoms with E-state index in [1.54, 1.807) is 4.90 Å². The van der Waals surface area contributed by atoms with Gasteiger partial charge in [0, 0.05) is 12.6 Å². The van der Waals surface area contributed by atoms with Gasteiger partial charge in [0.1, 0.15) is 6.61 Å². The standard InChI is InChI=1S/C9H17F2NO/c1-7(2)12-4-8(3)13-6-9(10,11)5-12/h7-8H,4-6H2,1-3H3/t8-/m1/s1.